The van der Waals surface area contributed by atoms with E-state index in [4.69, 9.17) is 7.85 Å². The molecule has 1 nitrogen and oxygen atoms in total. The second-order valence-corrected chi connectivity index (χ2v) is 3.24. The largest absolute Gasteiger partial charge is 0.301 e. The maximum atomic E-state index is 10.8. The Morgan fingerprint density at radius 1 is 1.30 bits per heavy atom. The Hall–Kier alpha value is -0.265. The molecule has 2 heteroatoms. The molecule has 0 aliphatic carbocycles. The zero-order chi connectivity index (χ0) is 8.31. The van der Waals surface area contributed by atoms with Gasteiger partial charge < -0.3 is 4.79 Å². The molecule has 0 aromatic rings. The number of Topliss-reactive ketones (excluding diaryl/α,β-unsaturated/α-hetero) is 1. The third-order valence-corrected chi connectivity index (χ3v) is 2.09. The summed E-state index contributed by atoms with van der Waals surface area (Å²) >= 11 is 0. The second kappa shape index (κ2) is 3.79. The fraction of sp³-hybridized carbons (Fsp3) is 0.875. The smallest absolute Gasteiger partial charge is 0.124 e. The van der Waals surface area contributed by atoms with E-state index >= 15 is 0 Å². The van der Waals surface area contributed by atoms with Gasteiger partial charge in [-0.3, -0.25) is 0 Å². The Kier molecular flexibility index (Phi) is 3.69. The summed E-state index contributed by atoms with van der Waals surface area (Å²) in [6.45, 7) is 7.71. The van der Waals surface area contributed by atoms with Gasteiger partial charge in [-0.2, -0.15) is 0 Å². The Labute approximate surface area is 64.6 Å². The Morgan fingerprint density at radius 3 is 1.80 bits per heavy atom. The van der Waals surface area contributed by atoms with Gasteiger partial charge in [-0.25, -0.2) is 0 Å². The molecule has 0 aliphatic rings. The van der Waals surface area contributed by atoms with Crippen molar-refractivity contribution in [3.63, 3.8) is 0 Å². The number of hydrogen-bond acceptors (Lipinski definition) is 1. The fourth-order valence-electron chi connectivity index (χ4n) is 0.785. The molecule has 2 radical (unpaired) electrons. The molecule has 0 rings (SSSR count). The summed E-state index contributed by atoms with van der Waals surface area (Å²) < 4.78 is 0. The van der Waals surface area contributed by atoms with Crippen LogP contribution in [0.5, 0.6) is 0 Å². The quantitative estimate of drug-likeness (QED) is 0.543. The number of hydrogen-bond donors (Lipinski definition) is 0. The predicted octanol–water partition coefficient (Wildman–Crippen LogP) is 1.82. The van der Waals surface area contributed by atoms with E-state index in [2.05, 4.69) is 13.8 Å². The van der Waals surface area contributed by atoms with Crippen LogP contribution in [0.3, 0.4) is 0 Å². The van der Waals surface area contributed by atoms with E-state index in [0.29, 0.717) is 5.92 Å². The van der Waals surface area contributed by atoms with E-state index in [0.717, 1.165) is 0 Å². The summed E-state index contributed by atoms with van der Waals surface area (Å²) in [5, 5.41) is 0. The van der Waals surface area contributed by atoms with Crippen LogP contribution in [0.1, 0.15) is 27.7 Å². The van der Waals surface area contributed by atoms with Crippen molar-refractivity contribution in [2.24, 2.45) is 11.8 Å². The first-order valence-electron chi connectivity index (χ1n) is 3.72. The van der Waals surface area contributed by atoms with Crippen LogP contribution in [0.25, 0.3) is 0 Å². The highest BCUT2D eigenvalue weighted by Gasteiger charge is 2.18. The van der Waals surface area contributed by atoms with Gasteiger partial charge in [-0.05, 0) is 24.6 Å². The number of carbonyl (C=O) groups excluding carboxylic acids is 1. The molecule has 0 saturated heterocycles. The summed E-state index contributed by atoms with van der Waals surface area (Å²) in [4.78, 5) is 10.8. The van der Waals surface area contributed by atoms with Gasteiger partial charge in [0, 0.05) is 0 Å². The van der Waals surface area contributed by atoms with Gasteiger partial charge in [0.25, 0.3) is 0 Å². The molecule has 0 N–H and O–H groups in total. The monoisotopic (exact) mass is 138 g/mol. The van der Waals surface area contributed by atoms with Gasteiger partial charge in [0.05, 0.1) is 7.85 Å². The molecule has 0 aromatic carbocycles. The maximum absolute atomic E-state index is 10.8. The summed E-state index contributed by atoms with van der Waals surface area (Å²) in [6.07, 6.45) is 0. The lowest BCUT2D eigenvalue weighted by Gasteiger charge is -2.20. The van der Waals surface area contributed by atoms with Crippen molar-refractivity contribution in [2.45, 2.75) is 33.5 Å². The fourth-order valence-corrected chi connectivity index (χ4v) is 0.785. The highest BCUT2D eigenvalue weighted by Crippen LogP contribution is 2.22. The minimum atomic E-state index is -0.278. The number of carbonyl (C=O) groups is 1. The lowest BCUT2D eigenvalue weighted by Crippen LogP contribution is -2.18. The van der Waals surface area contributed by atoms with Crippen molar-refractivity contribution >= 4 is 13.6 Å². The van der Waals surface area contributed by atoms with Crippen molar-refractivity contribution in [1.82, 2.24) is 0 Å². The molecule has 0 spiro atoms. The van der Waals surface area contributed by atoms with Crippen LogP contribution in [0.15, 0.2) is 0 Å². The van der Waals surface area contributed by atoms with E-state index in [1.807, 2.05) is 6.92 Å². The van der Waals surface area contributed by atoms with Gasteiger partial charge in [0.2, 0.25) is 0 Å². The number of rotatable bonds is 3. The first-order chi connectivity index (χ1) is 4.46. The Balaban J connectivity index is 3.94. The third-order valence-electron chi connectivity index (χ3n) is 2.09. The van der Waals surface area contributed by atoms with Gasteiger partial charge in [0.1, 0.15) is 5.78 Å². The highest BCUT2D eigenvalue weighted by atomic mass is 16.1. The van der Waals surface area contributed by atoms with Crippen LogP contribution in [-0.4, -0.2) is 13.6 Å². The second-order valence-electron chi connectivity index (χ2n) is 3.24. The van der Waals surface area contributed by atoms with E-state index < -0.39 is 0 Å². The van der Waals surface area contributed by atoms with Crippen LogP contribution in [0.4, 0.5) is 0 Å². The molecule has 0 amide bonds. The van der Waals surface area contributed by atoms with Gasteiger partial charge in [-0.1, -0.05) is 20.8 Å². The molecule has 2 atom stereocenters. The Morgan fingerprint density at radius 2 is 1.70 bits per heavy atom. The summed E-state index contributed by atoms with van der Waals surface area (Å²) in [5.74, 6) is 0.581. The lowest BCUT2D eigenvalue weighted by atomic mass is 9.70. The van der Waals surface area contributed by atoms with Crippen LogP contribution < -0.4 is 0 Å². The van der Waals surface area contributed by atoms with E-state index in [-0.39, 0.29) is 17.5 Å². The van der Waals surface area contributed by atoms with E-state index in [1.165, 1.54) is 0 Å². The van der Waals surface area contributed by atoms with Gasteiger partial charge in [-0.15, -0.1) is 0 Å². The molecule has 56 valence electrons. The molecule has 0 aromatic heterocycles. The Bertz CT molecular complexity index is 120. The third kappa shape index (κ3) is 2.55. The van der Waals surface area contributed by atoms with Gasteiger partial charge >= 0.3 is 0 Å². The first-order valence-corrected chi connectivity index (χ1v) is 3.72. The van der Waals surface area contributed by atoms with E-state index in [9.17, 15) is 4.79 Å². The summed E-state index contributed by atoms with van der Waals surface area (Å²) in [7, 11) is 5.61. The van der Waals surface area contributed by atoms with Crippen LogP contribution in [-0.2, 0) is 4.79 Å². The molecule has 0 heterocycles. The molecule has 0 fully saturated rings. The predicted molar refractivity (Wildman–Crippen MR) is 44.2 cm³/mol. The highest BCUT2D eigenvalue weighted by molar-refractivity contribution is 6.23. The van der Waals surface area contributed by atoms with Crippen molar-refractivity contribution in [3.8, 4) is 0 Å². The zero-order valence-electron chi connectivity index (χ0n) is 7.22. The normalized spacial score (nSPS) is 16.9. The average Bonchev–Trinajstić information content (AvgIpc) is 1.84. The summed E-state index contributed by atoms with van der Waals surface area (Å²) in [5.41, 5.74) is 0. The average molecular weight is 138 g/mol. The topological polar surface area (TPSA) is 17.1 Å². The van der Waals surface area contributed by atoms with Crippen LogP contribution in [0.2, 0.25) is 5.82 Å². The molecular formula is C8H15BO. The molecule has 0 aliphatic heterocycles. The van der Waals surface area contributed by atoms with Crippen molar-refractivity contribution in [1.29, 1.82) is 0 Å². The maximum Gasteiger partial charge on any atom is 0.124 e. The van der Waals surface area contributed by atoms with Crippen LogP contribution >= 0.6 is 0 Å². The minimum absolute atomic E-state index is 0.0844. The molecule has 0 bridgehead atoms. The molecule has 0 saturated carbocycles. The first kappa shape index (κ1) is 9.73. The summed E-state index contributed by atoms with van der Waals surface area (Å²) in [6, 6.07) is 0. The molecule has 2 unspecified atom stereocenters. The SMILES string of the molecule is [B]C(C(C)=O)C(C)C(C)C. The lowest BCUT2D eigenvalue weighted by molar-refractivity contribution is -0.117. The van der Waals surface area contributed by atoms with Crippen molar-refractivity contribution < 1.29 is 4.79 Å². The van der Waals surface area contributed by atoms with Crippen molar-refractivity contribution in [3.05, 3.63) is 0 Å². The van der Waals surface area contributed by atoms with Crippen molar-refractivity contribution in [2.75, 3.05) is 0 Å². The zero-order valence-corrected chi connectivity index (χ0v) is 7.22. The number of ketones is 1. The molecular weight excluding hydrogens is 123 g/mol. The van der Waals surface area contributed by atoms with E-state index in [1.54, 1.807) is 6.92 Å². The standard InChI is InChI=1S/C8H15BO/c1-5(2)6(3)8(9)7(4)10/h5-6,8H,1-4H3. The minimum Gasteiger partial charge on any atom is -0.301 e. The van der Waals surface area contributed by atoms with Crippen LogP contribution in [0, 0.1) is 11.8 Å². The molecule has 10 heavy (non-hydrogen) atoms. The van der Waals surface area contributed by atoms with Gasteiger partial charge in [0.15, 0.2) is 0 Å².